The van der Waals surface area contributed by atoms with E-state index in [1.54, 1.807) is 79.1 Å². The summed E-state index contributed by atoms with van der Waals surface area (Å²) in [4.78, 5) is 49.8. The lowest BCUT2D eigenvalue weighted by Crippen LogP contribution is -2.28. The number of pyridine rings is 2. The van der Waals surface area contributed by atoms with Crippen LogP contribution in [0.1, 0.15) is 97.5 Å². The standard InChI is InChI=1S/C29H27FN2O5.C29H25FN2O4/c1-14-21(26(28(34)35)37-29(2,3)4)23(17-6-5-16(27(31)33)13-19(17)24(14)30)18-7-8-20-22-15(10-12-36-20)9-11-32-25(18)22;1-15-22(27(28(33)34)36-29(2,3)4)24(18-7-6-17(31-5)14-20(18)25(15)30)19-8-9-21-23-16(11-13-35-21)10-12-32-26(19)23/h5-9,11,13,26H,10,12H2,1-4H3,(H2,31,33)(H,34,35);6-10,12,14,27H,11,13H2,1-4H3,(H,33,34)/t26-;27-/m00/s1. The van der Waals surface area contributed by atoms with Crippen molar-refractivity contribution in [1.29, 1.82) is 0 Å². The van der Waals surface area contributed by atoms with Crippen molar-refractivity contribution in [3.05, 3.63) is 147 Å². The predicted molar refractivity (Wildman–Crippen MR) is 274 cm³/mol. The van der Waals surface area contributed by atoms with Crippen molar-refractivity contribution in [1.82, 2.24) is 9.97 Å². The van der Waals surface area contributed by atoms with Gasteiger partial charge in [-0.15, -0.1) is 0 Å². The van der Waals surface area contributed by atoms with Crippen LogP contribution in [0.25, 0.3) is 70.4 Å². The Bertz CT molecular complexity index is 3670. The Kier molecular flexibility index (Phi) is 12.9. The molecule has 0 unspecified atom stereocenters. The fourth-order valence-corrected chi connectivity index (χ4v) is 10.0. The average Bonchev–Trinajstić information content (AvgIpc) is 3.35. The first-order valence-electron chi connectivity index (χ1n) is 23.7. The van der Waals surface area contributed by atoms with Gasteiger partial charge in [-0.05, 0) is 154 Å². The highest BCUT2D eigenvalue weighted by Crippen LogP contribution is 2.49. The lowest BCUT2D eigenvalue weighted by atomic mass is 9.84. The Hall–Kier alpha value is -8.06. The smallest absolute Gasteiger partial charge is 0.337 e. The molecule has 4 heterocycles. The summed E-state index contributed by atoms with van der Waals surface area (Å²) in [5, 5.41) is 23.5. The van der Waals surface area contributed by atoms with E-state index in [0.29, 0.717) is 80.9 Å². The predicted octanol–water partition coefficient (Wildman–Crippen LogP) is 12.4. The van der Waals surface area contributed by atoms with Crippen LogP contribution in [0, 0.1) is 32.1 Å². The summed E-state index contributed by atoms with van der Waals surface area (Å²) in [6.45, 7) is 22.1. The lowest BCUT2D eigenvalue weighted by molar-refractivity contribution is -0.161. The number of rotatable bonds is 9. The van der Waals surface area contributed by atoms with Gasteiger partial charge in [-0.1, -0.05) is 18.2 Å². The van der Waals surface area contributed by atoms with Gasteiger partial charge in [0.25, 0.3) is 0 Å². The Labute approximate surface area is 419 Å². The molecular weight excluding hydrogens is 935 g/mol. The zero-order valence-corrected chi connectivity index (χ0v) is 41.5. The van der Waals surface area contributed by atoms with Crippen molar-refractivity contribution in [2.45, 2.75) is 91.6 Å². The number of aromatic nitrogens is 2. The number of carboxylic acid groups (broad SMARTS) is 2. The van der Waals surface area contributed by atoms with Crippen molar-refractivity contribution in [3.63, 3.8) is 0 Å². The van der Waals surface area contributed by atoms with E-state index in [0.717, 1.165) is 28.3 Å². The van der Waals surface area contributed by atoms with Crippen LogP contribution >= 0.6 is 0 Å². The maximum atomic E-state index is 15.9. The number of primary amides is 1. The highest BCUT2D eigenvalue weighted by atomic mass is 19.1. The molecular formula is C58H52F2N4O9. The quantitative estimate of drug-likeness (QED) is 0.117. The SMILES string of the molecule is Cc1c([C@H](OC(C)(C)C)C(=O)O)c(-c2ccc3c4c(ccnc24)CCO3)c2ccc(C(N)=O)cc2c1F.[C-]#[N+]c1ccc2c(-c3ccc4c5c(ccnc35)CCO4)c([C@H](OC(C)(C)C)C(=O)O)c(C)c(F)c2c1. The van der Waals surface area contributed by atoms with Gasteiger partial charge < -0.3 is 34.9 Å². The number of carboxylic acids is 2. The van der Waals surface area contributed by atoms with E-state index in [2.05, 4.69) is 14.8 Å². The number of amides is 1. The second kappa shape index (κ2) is 18.8. The second-order valence-electron chi connectivity index (χ2n) is 20.1. The van der Waals surface area contributed by atoms with Crippen LogP contribution in [0.2, 0.25) is 0 Å². The van der Waals surface area contributed by atoms with E-state index in [1.807, 2.05) is 36.4 Å². The van der Waals surface area contributed by atoms with Crippen LogP contribution in [0.3, 0.4) is 0 Å². The molecule has 0 bridgehead atoms. The highest BCUT2D eigenvalue weighted by molar-refractivity contribution is 6.12. The molecule has 0 fully saturated rings. The molecule has 6 aromatic carbocycles. The van der Waals surface area contributed by atoms with Gasteiger partial charge in [-0.2, -0.15) is 0 Å². The molecule has 10 rings (SSSR count). The minimum Gasteiger partial charge on any atom is -0.493 e. The van der Waals surface area contributed by atoms with Crippen molar-refractivity contribution in [3.8, 4) is 33.8 Å². The van der Waals surface area contributed by atoms with Crippen LogP contribution in [0.15, 0.2) is 85.2 Å². The number of nitrogens with zero attached hydrogens (tertiary/aromatic N) is 3. The number of carbonyl (C=O) groups excluding carboxylic acids is 1. The summed E-state index contributed by atoms with van der Waals surface area (Å²) in [5.74, 6) is -2.96. The molecule has 2 atom stereocenters. The minimum absolute atomic E-state index is 0.109. The normalized spacial score (nSPS) is 13.9. The first-order chi connectivity index (χ1) is 34.6. The first kappa shape index (κ1) is 49.9. The monoisotopic (exact) mass is 986 g/mol. The molecule has 0 saturated carbocycles. The average molecular weight is 987 g/mol. The Morgan fingerprint density at radius 1 is 0.658 bits per heavy atom. The van der Waals surface area contributed by atoms with Gasteiger partial charge in [-0.25, -0.2) is 23.2 Å². The molecule has 2 aliphatic heterocycles. The third-order valence-electron chi connectivity index (χ3n) is 13.0. The van der Waals surface area contributed by atoms with Crippen molar-refractivity contribution in [2.24, 2.45) is 5.73 Å². The number of ether oxygens (including phenoxy) is 4. The Morgan fingerprint density at radius 2 is 1.10 bits per heavy atom. The first-order valence-corrected chi connectivity index (χ1v) is 23.7. The molecule has 8 aromatic rings. The summed E-state index contributed by atoms with van der Waals surface area (Å²) in [7, 11) is 0. The Balaban J connectivity index is 0.000000180. The fourth-order valence-electron chi connectivity index (χ4n) is 10.0. The van der Waals surface area contributed by atoms with Gasteiger partial charge in [0.15, 0.2) is 17.9 Å². The van der Waals surface area contributed by atoms with Crippen LogP contribution < -0.4 is 15.2 Å². The molecule has 0 aliphatic carbocycles. The molecule has 2 aromatic heterocycles. The molecule has 0 saturated heterocycles. The Morgan fingerprint density at radius 3 is 1.51 bits per heavy atom. The largest absolute Gasteiger partial charge is 0.493 e. The van der Waals surface area contributed by atoms with Crippen LogP contribution in [0.4, 0.5) is 14.5 Å². The summed E-state index contributed by atoms with van der Waals surface area (Å²) in [6, 6.07) is 20.5. The summed E-state index contributed by atoms with van der Waals surface area (Å²) < 4.78 is 55.5. The van der Waals surface area contributed by atoms with E-state index in [1.165, 1.54) is 25.1 Å². The van der Waals surface area contributed by atoms with Crippen molar-refractivity contribution in [2.75, 3.05) is 13.2 Å². The van der Waals surface area contributed by atoms with Crippen LogP contribution in [0.5, 0.6) is 11.5 Å². The molecule has 4 N–H and O–H groups in total. The molecule has 0 radical (unpaired) electrons. The molecule has 372 valence electrons. The lowest BCUT2D eigenvalue weighted by Gasteiger charge is -2.29. The van der Waals surface area contributed by atoms with E-state index in [9.17, 15) is 24.6 Å². The van der Waals surface area contributed by atoms with E-state index < -0.39 is 52.9 Å². The fraction of sp³-hybridized carbons (Fsp3) is 0.276. The molecule has 1 amide bonds. The van der Waals surface area contributed by atoms with Crippen LogP contribution in [-0.4, -0.2) is 62.4 Å². The molecule has 15 heteroatoms. The summed E-state index contributed by atoms with van der Waals surface area (Å²) in [5.41, 5.74) is 10.7. The number of halogens is 2. The van der Waals surface area contributed by atoms with Gasteiger partial charge >= 0.3 is 11.9 Å². The zero-order valence-electron chi connectivity index (χ0n) is 41.5. The van der Waals surface area contributed by atoms with Crippen molar-refractivity contribution < 1.29 is 52.3 Å². The van der Waals surface area contributed by atoms with E-state index in [-0.39, 0.29) is 38.6 Å². The maximum Gasteiger partial charge on any atom is 0.337 e. The van der Waals surface area contributed by atoms with Crippen LogP contribution in [-0.2, 0) is 31.9 Å². The molecule has 13 nitrogen and oxygen atoms in total. The third-order valence-corrected chi connectivity index (χ3v) is 13.0. The summed E-state index contributed by atoms with van der Waals surface area (Å²) in [6.07, 6.45) is 1.98. The number of aliphatic carboxylic acids is 2. The third kappa shape index (κ3) is 9.13. The minimum atomic E-state index is -1.47. The number of benzene rings is 6. The maximum absolute atomic E-state index is 15.9. The number of fused-ring (bicyclic) bond motifs is 2. The van der Waals surface area contributed by atoms with Gasteiger partial charge in [0, 0.05) is 74.6 Å². The van der Waals surface area contributed by atoms with Gasteiger partial charge in [-0.3, -0.25) is 14.8 Å². The van der Waals surface area contributed by atoms with Crippen molar-refractivity contribution >= 4 is 66.9 Å². The highest BCUT2D eigenvalue weighted by Gasteiger charge is 2.36. The van der Waals surface area contributed by atoms with E-state index in [4.69, 9.17) is 31.3 Å². The topological polar surface area (TPSA) is 185 Å². The number of nitrogens with two attached hydrogens (primary N) is 1. The second-order valence-corrected chi connectivity index (χ2v) is 20.1. The van der Waals surface area contributed by atoms with Gasteiger partial charge in [0.05, 0.1) is 42.0 Å². The van der Waals surface area contributed by atoms with E-state index >= 15 is 8.78 Å². The molecule has 0 spiro atoms. The molecule has 2 aliphatic rings. The van der Waals surface area contributed by atoms with Gasteiger partial charge in [0.2, 0.25) is 5.91 Å². The number of carbonyl (C=O) groups is 3. The zero-order chi connectivity index (χ0) is 52.4. The molecule has 73 heavy (non-hydrogen) atoms. The summed E-state index contributed by atoms with van der Waals surface area (Å²) >= 11 is 0. The number of hydrogen-bond acceptors (Lipinski definition) is 9. The van der Waals surface area contributed by atoms with Gasteiger partial charge in [0.1, 0.15) is 23.1 Å². The number of hydrogen-bond donors (Lipinski definition) is 3.